The van der Waals surface area contributed by atoms with Gasteiger partial charge in [-0.25, -0.2) is 0 Å². The summed E-state index contributed by atoms with van der Waals surface area (Å²) in [6.07, 6.45) is 0. The molecule has 0 radical (unpaired) electrons. The fourth-order valence-corrected chi connectivity index (χ4v) is 17.7. The van der Waals surface area contributed by atoms with Gasteiger partial charge >= 0.3 is 0 Å². The van der Waals surface area contributed by atoms with Crippen LogP contribution in [0.5, 0.6) is 0 Å². The highest BCUT2D eigenvalue weighted by Gasteiger charge is 2.42. The van der Waals surface area contributed by atoms with Crippen molar-refractivity contribution < 1.29 is 0 Å². The molecule has 0 atom stereocenters. The highest BCUT2D eigenvalue weighted by Crippen LogP contribution is 2.43. The van der Waals surface area contributed by atoms with Crippen molar-refractivity contribution in [1.29, 1.82) is 0 Å². The first-order valence-electron chi connectivity index (χ1n) is 28.0. The van der Waals surface area contributed by atoms with Crippen LogP contribution in [0.2, 0.25) is 0 Å². The molecule has 0 unspecified atom stereocenters. The Kier molecular flexibility index (Phi) is 11.9. The van der Waals surface area contributed by atoms with E-state index in [0.717, 1.165) is 33.5 Å². The maximum atomic E-state index is 2.56. The lowest BCUT2D eigenvalue weighted by atomic mass is 9.95. The van der Waals surface area contributed by atoms with E-state index in [4.69, 9.17) is 0 Å². The predicted octanol–water partition coefficient (Wildman–Crippen LogP) is 17.6. The normalized spacial score (nSPS) is 11.7. The smallest absolute Gasteiger partial charge is 0.179 e. The Morgan fingerprint density at radius 1 is 0.198 bits per heavy atom. The summed E-state index contributed by atoms with van der Waals surface area (Å²) in [5.41, 5.74) is 18.9. The summed E-state index contributed by atoms with van der Waals surface area (Å²) in [6.45, 7) is 0. The van der Waals surface area contributed by atoms with Gasteiger partial charge in [-0.05, 0) is 114 Å². The second kappa shape index (κ2) is 20.2. The number of hydrogen-bond donors (Lipinski definition) is 0. The Morgan fingerprint density at radius 3 is 1.05 bits per heavy atom. The third-order valence-electron chi connectivity index (χ3n) is 16.7. The number of aromatic nitrogens is 2. The van der Waals surface area contributed by atoms with Crippen LogP contribution in [0.15, 0.2) is 328 Å². The lowest BCUT2D eigenvalue weighted by molar-refractivity contribution is 1.18. The van der Waals surface area contributed by atoms with E-state index in [2.05, 4.69) is 337 Å². The molecule has 0 aliphatic heterocycles. The summed E-state index contributed by atoms with van der Waals surface area (Å²) in [5.74, 6) is 0. The molecule has 2 heterocycles. The Morgan fingerprint density at radius 2 is 0.543 bits per heavy atom. The van der Waals surface area contributed by atoms with Gasteiger partial charge in [-0.2, -0.15) is 0 Å². The zero-order valence-corrected chi connectivity index (χ0v) is 45.6. The van der Waals surface area contributed by atoms with Crippen molar-refractivity contribution in [3.63, 3.8) is 0 Å². The van der Waals surface area contributed by atoms with Gasteiger partial charge in [0.05, 0.1) is 27.8 Å². The highest BCUT2D eigenvalue weighted by molar-refractivity contribution is 7.20. The number of hydrogen-bond acceptors (Lipinski definition) is 0. The first-order chi connectivity index (χ1) is 40.2. The molecule has 0 saturated carbocycles. The van der Waals surface area contributed by atoms with Gasteiger partial charge in [-0.3, -0.25) is 0 Å². The summed E-state index contributed by atoms with van der Waals surface area (Å²) in [5, 5.41) is 10.2. The van der Waals surface area contributed by atoms with Gasteiger partial charge in [0, 0.05) is 38.4 Å². The van der Waals surface area contributed by atoms with Crippen molar-refractivity contribution in [2.24, 2.45) is 0 Å². The van der Waals surface area contributed by atoms with Crippen molar-refractivity contribution >= 4 is 72.4 Å². The molecule has 0 fully saturated rings. The van der Waals surface area contributed by atoms with Crippen LogP contribution in [0, 0.1) is 0 Å². The molecule has 15 rings (SSSR count). The Hall–Kier alpha value is -10.3. The average molecular weight is 1050 g/mol. The molecule has 15 aromatic rings. The Labute approximate surface area is 473 Å². The standard InChI is InChI=1S/C78H54N2Si/c1-7-24-55(25-8-1)57-42-46-66(47-43-57)81(64-34-15-5-16-35-64,65-36-17-6-18-37-65)67-53-70(58-28-11-3-12-29-58)78(71(54-67)59-30-13-4-14-31-59)80-75-41-22-20-39-69(75)73-52-62(45-49-77(73)80)61-44-48-76-72(51-61)68-38-19-21-40-74(68)79(76)63-33-23-32-60(50-63)56-26-9-2-10-27-56/h1-54H. The molecular formula is C78H54N2Si. The number of rotatable bonds is 11. The first-order valence-corrected chi connectivity index (χ1v) is 30.0. The molecule has 0 bridgehead atoms. The molecule has 380 valence electrons. The Balaban J connectivity index is 0.963. The van der Waals surface area contributed by atoms with Crippen LogP contribution in [-0.2, 0) is 0 Å². The average Bonchev–Trinajstić information content (AvgIpc) is 4.15. The molecule has 0 aliphatic carbocycles. The minimum atomic E-state index is -3.09. The fourth-order valence-electron chi connectivity index (χ4n) is 13.0. The lowest BCUT2D eigenvalue weighted by Gasteiger charge is -2.36. The largest absolute Gasteiger partial charge is 0.309 e. The second-order valence-corrected chi connectivity index (χ2v) is 25.0. The number of fused-ring (bicyclic) bond motifs is 6. The van der Waals surface area contributed by atoms with Crippen LogP contribution in [-0.4, -0.2) is 17.2 Å². The van der Waals surface area contributed by atoms with Crippen LogP contribution in [0.25, 0.3) is 111 Å². The molecule has 0 amide bonds. The second-order valence-electron chi connectivity index (χ2n) is 21.2. The topological polar surface area (TPSA) is 9.86 Å². The van der Waals surface area contributed by atoms with Gasteiger partial charge in [0.15, 0.2) is 8.07 Å². The van der Waals surface area contributed by atoms with Crippen molar-refractivity contribution in [1.82, 2.24) is 9.13 Å². The molecule has 0 spiro atoms. The van der Waals surface area contributed by atoms with Gasteiger partial charge in [-0.1, -0.05) is 279 Å². The molecule has 81 heavy (non-hydrogen) atoms. The Bertz CT molecular complexity index is 4660. The zero-order chi connectivity index (χ0) is 53.7. The summed E-state index contributed by atoms with van der Waals surface area (Å²) in [6, 6.07) is 122. The van der Waals surface area contributed by atoms with Crippen LogP contribution in [0.1, 0.15) is 0 Å². The fraction of sp³-hybridized carbons (Fsp3) is 0. The van der Waals surface area contributed by atoms with Gasteiger partial charge < -0.3 is 9.13 Å². The maximum Gasteiger partial charge on any atom is 0.179 e. The quantitative estimate of drug-likeness (QED) is 0.0902. The van der Waals surface area contributed by atoms with Crippen molar-refractivity contribution in [2.45, 2.75) is 0 Å². The van der Waals surface area contributed by atoms with Crippen LogP contribution in [0.4, 0.5) is 0 Å². The van der Waals surface area contributed by atoms with Gasteiger partial charge in [-0.15, -0.1) is 0 Å². The van der Waals surface area contributed by atoms with E-state index < -0.39 is 8.07 Å². The molecule has 0 saturated heterocycles. The molecule has 2 nitrogen and oxygen atoms in total. The zero-order valence-electron chi connectivity index (χ0n) is 44.6. The van der Waals surface area contributed by atoms with E-state index >= 15 is 0 Å². The van der Waals surface area contributed by atoms with E-state index in [1.54, 1.807) is 0 Å². The predicted molar refractivity (Wildman–Crippen MR) is 346 cm³/mol. The van der Waals surface area contributed by atoms with Crippen molar-refractivity contribution in [2.75, 3.05) is 0 Å². The molecule has 3 heteroatoms. The van der Waals surface area contributed by atoms with E-state index in [9.17, 15) is 0 Å². The monoisotopic (exact) mass is 1050 g/mol. The van der Waals surface area contributed by atoms with Crippen LogP contribution in [0.3, 0.4) is 0 Å². The SMILES string of the molecule is c1ccc(-c2ccc([Si](c3ccccc3)(c3ccccc3)c3cc(-c4ccccc4)c(-n4c5ccccc5c5cc(-c6ccc7c(c6)c6ccccc6n7-c6cccc(-c7ccccc7)c6)ccc54)c(-c4ccccc4)c3)cc2)cc1. The van der Waals surface area contributed by atoms with E-state index in [1.165, 1.54) is 97.8 Å². The maximum absolute atomic E-state index is 3.09. The summed E-state index contributed by atoms with van der Waals surface area (Å²) in [4.78, 5) is 0. The molecule has 13 aromatic carbocycles. The van der Waals surface area contributed by atoms with Crippen molar-refractivity contribution in [3.05, 3.63) is 328 Å². The minimum Gasteiger partial charge on any atom is -0.309 e. The molecular weight excluding hydrogens is 993 g/mol. The van der Waals surface area contributed by atoms with Crippen LogP contribution >= 0.6 is 0 Å². The lowest BCUT2D eigenvalue weighted by Crippen LogP contribution is -2.74. The summed E-state index contributed by atoms with van der Waals surface area (Å²) < 4.78 is 4.98. The van der Waals surface area contributed by atoms with Crippen LogP contribution < -0.4 is 20.7 Å². The highest BCUT2D eigenvalue weighted by atomic mass is 28.3. The van der Waals surface area contributed by atoms with Gasteiger partial charge in [0.1, 0.15) is 0 Å². The third-order valence-corrected chi connectivity index (χ3v) is 21.4. The van der Waals surface area contributed by atoms with Gasteiger partial charge in [0.25, 0.3) is 0 Å². The van der Waals surface area contributed by atoms with Crippen molar-refractivity contribution in [3.8, 4) is 67.0 Å². The minimum absolute atomic E-state index is 1.15. The summed E-state index contributed by atoms with van der Waals surface area (Å²) >= 11 is 0. The molecule has 2 aromatic heterocycles. The number of benzene rings is 13. The number of para-hydroxylation sites is 2. The molecule has 0 N–H and O–H groups in total. The number of nitrogens with zero attached hydrogens (tertiary/aromatic N) is 2. The summed E-state index contributed by atoms with van der Waals surface area (Å²) in [7, 11) is -3.09. The molecule has 0 aliphatic rings. The first kappa shape index (κ1) is 47.9. The van der Waals surface area contributed by atoms with E-state index in [-0.39, 0.29) is 0 Å². The van der Waals surface area contributed by atoms with E-state index in [0.29, 0.717) is 0 Å². The van der Waals surface area contributed by atoms with Gasteiger partial charge in [0.2, 0.25) is 0 Å². The third kappa shape index (κ3) is 8.17. The van der Waals surface area contributed by atoms with E-state index in [1.807, 2.05) is 0 Å².